The topological polar surface area (TPSA) is 46.2 Å². The van der Waals surface area contributed by atoms with Gasteiger partial charge in [-0.2, -0.15) is 0 Å². The van der Waals surface area contributed by atoms with Gasteiger partial charge in [0.05, 0.1) is 11.6 Å². The number of halogens is 1. The lowest BCUT2D eigenvalue weighted by Gasteiger charge is -2.10. The zero-order chi connectivity index (χ0) is 13.0. The summed E-state index contributed by atoms with van der Waals surface area (Å²) in [5.74, 6) is 1.62. The smallest absolute Gasteiger partial charge is 0.135 e. The number of rotatable bonds is 4. The normalized spacial score (nSPS) is 9.94. The van der Waals surface area contributed by atoms with Crippen LogP contribution in [-0.2, 0) is 0 Å². The van der Waals surface area contributed by atoms with Gasteiger partial charge < -0.3 is 15.4 Å². The maximum atomic E-state index is 5.26. The molecule has 0 atom stereocenters. The van der Waals surface area contributed by atoms with Crippen molar-refractivity contribution in [1.29, 1.82) is 0 Å². The van der Waals surface area contributed by atoms with Gasteiger partial charge in [-0.05, 0) is 34.1 Å². The minimum Gasteiger partial charge on any atom is -0.495 e. The first-order valence-electron chi connectivity index (χ1n) is 5.47. The standard InChI is InChI=1S/C13H14BrN3O/c1-15-13-8-10(5-6-16-13)17-9-3-4-11(14)12(7-9)18-2/h3-8H,1-2H3,(H2,15,16,17). The van der Waals surface area contributed by atoms with Gasteiger partial charge in [0.2, 0.25) is 0 Å². The highest BCUT2D eigenvalue weighted by molar-refractivity contribution is 9.10. The van der Waals surface area contributed by atoms with E-state index >= 15 is 0 Å². The fourth-order valence-corrected chi connectivity index (χ4v) is 1.96. The summed E-state index contributed by atoms with van der Waals surface area (Å²) in [7, 11) is 3.49. The van der Waals surface area contributed by atoms with Crippen molar-refractivity contribution in [3.8, 4) is 5.75 Å². The highest BCUT2D eigenvalue weighted by Gasteiger charge is 2.02. The molecule has 0 aliphatic carbocycles. The second-order valence-corrected chi connectivity index (χ2v) is 4.51. The van der Waals surface area contributed by atoms with Gasteiger partial charge in [-0.1, -0.05) is 0 Å². The summed E-state index contributed by atoms with van der Waals surface area (Å²) in [6.07, 6.45) is 1.75. The Morgan fingerprint density at radius 2 is 1.94 bits per heavy atom. The second kappa shape index (κ2) is 5.73. The zero-order valence-corrected chi connectivity index (χ0v) is 11.8. The molecule has 18 heavy (non-hydrogen) atoms. The maximum absolute atomic E-state index is 5.26. The van der Waals surface area contributed by atoms with E-state index in [2.05, 4.69) is 31.5 Å². The molecule has 5 heteroatoms. The molecular formula is C13H14BrN3O. The summed E-state index contributed by atoms with van der Waals surface area (Å²) in [6, 6.07) is 9.71. The summed E-state index contributed by atoms with van der Waals surface area (Å²) in [6.45, 7) is 0. The number of aromatic nitrogens is 1. The molecule has 1 heterocycles. The van der Waals surface area contributed by atoms with Crippen LogP contribution in [0.5, 0.6) is 5.75 Å². The van der Waals surface area contributed by atoms with Crippen molar-refractivity contribution in [2.75, 3.05) is 24.8 Å². The highest BCUT2D eigenvalue weighted by atomic mass is 79.9. The van der Waals surface area contributed by atoms with Crippen LogP contribution in [0.1, 0.15) is 0 Å². The molecule has 0 aliphatic heterocycles. The van der Waals surface area contributed by atoms with E-state index in [0.29, 0.717) is 0 Å². The van der Waals surface area contributed by atoms with Crippen molar-refractivity contribution >= 4 is 33.1 Å². The van der Waals surface area contributed by atoms with E-state index in [0.717, 1.165) is 27.4 Å². The van der Waals surface area contributed by atoms with Crippen molar-refractivity contribution in [2.24, 2.45) is 0 Å². The summed E-state index contributed by atoms with van der Waals surface area (Å²) in [4.78, 5) is 4.16. The van der Waals surface area contributed by atoms with Gasteiger partial charge in [-0.25, -0.2) is 4.98 Å². The van der Waals surface area contributed by atoms with E-state index < -0.39 is 0 Å². The molecular weight excluding hydrogens is 294 g/mol. The van der Waals surface area contributed by atoms with Gasteiger partial charge >= 0.3 is 0 Å². The summed E-state index contributed by atoms with van der Waals surface area (Å²) in [5, 5.41) is 6.30. The number of pyridine rings is 1. The molecule has 2 aromatic rings. The molecule has 0 bridgehead atoms. The van der Waals surface area contributed by atoms with E-state index in [4.69, 9.17) is 4.74 Å². The number of nitrogens with one attached hydrogen (secondary N) is 2. The Balaban J connectivity index is 2.22. The van der Waals surface area contributed by atoms with Crippen LogP contribution in [-0.4, -0.2) is 19.1 Å². The Bertz CT molecular complexity index is 546. The number of ether oxygens (including phenoxy) is 1. The van der Waals surface area contributed by atoms with Crippen LogP contribution in [0, 0.1) is 0 Å². The summed E-state index contributed by atoms with van der Waals surface area (Å²) in [5.41, 5.74) is 1.93. The van der Waals surface area contributed by atoms with Crippen molar-refractivity contribution < 1.29 is 4.74 Å². The quantitative estimate of drug-likeness (QED) is 0.905. The average Bonchev–Trinajstić information content (AvgIpc) is 2.41. The van der Waals surface area contributed by atoms with Crippen molar-refractivity contribution in [2.45, 2.75) is 0 Å². The molecule has 0 fully saturated rings. The number of methoxy groups -OCH3 is 1. The molecule has 0 unspecified atom stereocenters. The predicted octanol–water partition coefficient (Wildman–Crippen LogP) is 3.64. The van der Waals surface area contributed by atoms with E-state index in [9.17, 15) is 0 Å². The third-order valence-electron chi connectivity index (χ3n) is 2.46. The Labute approximate surface area is 115 Å². The minimum atomic E-state index is 0.794. The molecule has 0 saturated heterocycles. The number of nitrogens with zero attached hydrogens (tertiary/aromatic N) is 1. The third-order valence-corrected chi connectivity index (χ3v) is 3.11. The Kier molecular flexibility index (Phi) is 4.04. The molecule has 0 saturated carbocycles. The van der Waals surface area contributed by atoms with E-state index in [1.54, 1.807) is 13.3 Å². The molecule has 2 rings (SSSR count). The number of hydrogen-bond acceptors (Lipinski definition) is 4. The lowest BCUT2D eigenvalue weighted by molar-refractivity contribution is 0.412. The van der Waals surface area contributed by atoms with Gasteiger partial charge in [-0.15, -0.1) is 0 Å². The predicted molar refractivity (Wildman–Crippen MR) is 77.8 cm³/mol. The van der Waals surface area contributed by atoms with Crippen LogP contribution in [0.15, 0.2) is 41.0 Å². The average molecular weight is 308 g/mol. The molecule has 0 amide bonds. The Morgan fingerprint density at radius 1 is 1.17 bits per heavy atom. The SMILES string of the molecule is CNc1cc(Nc2ccc(Br)c(OC)c2)ccn1. The van der Waals surface area contributed by atoms with Gasteiger partial charge in [0.25, 0.3) is 0 Å². The van der Waals surface area contributed by atoms with Gasteiger partial charge in [0.1, 0.15) is 11.6 Å². The van der Waals surface area contributed by atoms with Crippen LogP contribution in [0.25, 0.3) is 0 Å². The van der Waals surface area contributed by atoms with Crippen LogP contribution in [0.2, 0.25) is 0 Å². The largest absolute Gasteiger partial charge is 0.495 e. The molecule has 94 valence electrons. The molecule has 0 aliphatic rings. The number of hydrogen-bond donors (Lipinski definition) is 2. The molecule has 0 radical (unpaired) electrons. The van der Waals surface area contributed by atoms with Crippen LogP contribution in [0.4, 0.5) is 17.2 Å². The van der Waals surface area contributed by atoms with Gasteiger partial charge in [0.15, 0.2) is 0 Å². The Morgan fingerprint density at radius 3 is 2.67 bits per heavy atom. The maximum Gasteiger partial charge on any atom is 0.135 e. The Hall–Kier alpha value is -1.75. The van der Waals surface area contributed by atoms with Crippen molar-refractivity contribution in [3.63, 3.8) is 0 Å². The summed E-state index contributed by atoms with van der Waals surface area (Å²) < 4.78 is 6.19. The van der Waals surface area contributed by atoms with E-state index in [-0.39, 0.29) is 0 Å². The molecule has 1 aromatic heterocycles. The van der Waals surface area contributed by atoms with Crippen molar-refractivity contribution in [1.82, 2.24) is 4.98 Å². The first kappa shape index (κ1) is 12.7. The van der Waals surface area contributed by atoms with Gasteiger partial charge in [-0.3, -0.25) is 0 Å². The molecule has 1 aromatic carbocycles. The lowest BCUT2D eigenvalue weighted by Crippen LogP contribution is -1.95. The van der Waals surface area contributed by atoms with Crippen LogP contribution in [0.3, 0.4) is 0 Å². The second-order valence-electron chi connectivity index (χ2n) is 3.65. The fourth-order valence-electron chi connectivity index (χ4n) is 1.55. The first-order chi connectivity index (χ1) is 8.72. The van der Waals surface area contributed by atoms with Gasteiger partial charge in [0, 0.05) is 36.8 Å². The molecule has 4 nitrogen and oxygen atoms in total. The van der Waals surface area contributed by atoms with Crippen LogP contribution < -0.4 is 15.4 Å². The van der Waals surface area contributed by atoms with Crippen molar-refractivity contribution in [3.05, 3.63) is 41.0 Å². The third kappa shape index (κ3) is 2.92. The van der Waals surface area contributed by atoms with Crippen LogP contribution >= 0.6 is 15.9 Å². The zero-order valence-electron chi connectivity index (χ0n) is 10.2. The fraction of sp³-hybridized carbons (Fsp3) is 0.154. The first-order valence-corrected chi connectivity index (χ1v) is 6.26. The van der Waals surface area contributed by atoms with E-state index in [1.165, 1.54) is 0 Å². The lowest BCUT2D eigenvalue weighted by atomic mass is 10.3. The minimum absolute atomic E-state index is 0.794. The highest BCUT2D eigenvalue weighted by Crippen LogP contribution is 2.29. The monoisotopic (exact) mass is 307 g/mol. The molecule has 2 N–H and O–H groups in total. The number of benzene rings is 1. The molecule has 0 spiro atoms. The number of anilines is 3. The summed E-state index contributed by atoms with van der Waals surface area (Å²) >= 11 is 3.43. The van der Waals surface area contributed by atoms with E-state index in [1.807, 2.05) is 37.4 Å².